The summed E-state index contributed by atoms with van der Waals surface area (Å²) in [6.07, 6.45) is 1.30. The Morgan fingerprint density at radius 1 is 1.26 bits per heavy atom. The molecule has 1 aromatic carbocycles. The van der Waals surface area contributed by atoms with Crippen molar-refractivity contribution in [3.63, 3.8) is 0 Å². The second-order valence-corrected chi connectivity index (χ2v) is 6.46. The van der Waals surface area contributed by atoms with Crippen LogP contribution < -0.4 is 5.32 Å². The van der Waals surface area contributed by atoms with Crippen molar-refractivity contribution in [2.75, 3.05) is 13.1 Å². The van der Waals surface area contributed by atoms with E-state index in [2.05, 4.69) is 24.1 Å². The van der Waals surface area contributed by atoms with E-state index in [0.29, 0.717) is 0 Å². The average Bonchev–Trinajstić information content (AvgIpc) is 2.36. The van der Waals surface area contributed by atoms with Gasteiger partial charge in [0.1, 0.15) is 0 Å². The lowest BCUT2D eigenvalue weighted by molar-refractivity contribution is 0.212. The van der Waals surface area contributed by atoms with Gasteiger partial charge in [-0.3, -0.25) is 0 Å². The number of nitrogens with zero attached hydrogens (tertiary/aromatic N) is 1. The lowest BCUT2D eigenvalue weighted by Crippen LogP contribution is -2.47. The second-order valence-electron chi connectivity index (χ2n) is 5.64. The van der Waals surface area contributed by atoms with Gasteiger partial charge in [-0.05, 0) is 48.2 Å². The van der Waals surface area contributed by atoms with Gasteiger partial charge in [0.25, 0.3) is 0 Å². The summed E-state index contributed by atoms with van der Waals surface area (Å²) in [5, 5.41) is 4.98. The molecule has 0 unspecified atom stereocenters. The Labute approximate surface area is 126 Å². The maximum atomic E-state index is 5.87. The number of hydrogen-bond donors (Lipinski definition) is 1. The van der Waals surface area contributed by atoms with E-state index in [1.54, 1.807) is 0 Å². The summed E-state index contributed by atoms with van der Waals surface area (Å²) in [7, 11) is 0. The summed E-state index contributed by atoms with van der Waals surface area (Å²) in [6, 6.07) is 7.87. The van der Waals surface area contributed by atoms with E-state index in [4.69, 9.17) is 23.8 Å². The van der Waals surface area contributed by atoms with Crippen LogP contribution in [0, 0.1) is 11.8 Å². The fourth-order valence-electron chi connectivity index (χ4n) is 2.72. The maximum absolute atomic E-state index is 5.87. The van der Waals surface area contributed by atoms with Crippen LogP contribution in [-0.2, 0) is 6.54 Å². The molecule has 1 N–H and O–H groups in total. The molecule has 2 rings (SSSR count). The number of nitrogens with one attached hydrogen (secondary N) is 1. The van der Waals surface area contributed by atoms with E-state index >= 15 is 0 Å². The molecular formula is C15H21ClN2S. The number of piperidine rings is 1. The van der Waals surface area contributed by atoms with E-state index in [1.165, 1.54) is 12.0 Å². The summed E-state index contributed by atoms with van der Waals surface area (Å²) in [6.45, 7) is 7.48. The minimum atomic E-state index is 0.721. The number of benzene rings is 1. The SMILES string of the molecule is C[C@@H]1C[C@H](C)CN(C(=S)NCc2ccc(Cl)cc2)C1. The van der Waals surface area contributed by atoms with Crippen LogP contribution in [0.4, 0.5) is 0 Å². The number of halogens is 1. The number of hydrogen-bond acceptors (Lipinski definition) is 1. The highest BCUT2D eigenvalue weighted by Gasteiger charge is 2.23. The van der Waals surface area contributed by atoms with Crippen LogP contribution in [0.2, 0.25) is 5.02 Å². The Bertz CT molecular complexity index is 422. The molecule has 19 heavy (non-hydrogen) atoms. The van der Waals surface area contributed by atoms with Crippen molar-refractivity contribution in [2.45, 2.75) is 26.8 Å². The first-order valence-electron chi connectivity index (χ1n) is 6.82. The van der Waals surface area contributed by atoms with Crippen LogP contribution in [0.5, 0.6) is 0 Å². The van der Waals surface area contributed by atoms with Crippen molar-refractivity contribution >= 4 is 28.9 Å². The Kier molecular flexibility index (Phi) is 5.06. The maximum Gasteiger partial charge on any atom is 0.169 e. The molecule has 0 radical (unpaired) electrons. The fourth-order valence-corrected chi connectivity index (χ4v) is 3.07. The Hall–Kier alpha value is -0.800. The molecule has 1 aliphatic rings. The third kappa shape index (κ3) is 4.36. The molecule has 0 aliphatic carbocycles. The number of likely N-dealkylation sites (tertiary alicyclic amines) is 1. The predicted octanol–water partition coefficient (Wildman–Crippen LogP) is 3.69. The summed E-state index contributed by atoms with van der Waals surface area (Å²) in [4.78, 5) is 2.30. The highest BCUT2D eigenvalue weighted by Crippen LogP contribution is 2.21. The largest absolute Gasteiger partial charge is 0.358 e. The van der Waals surface area contributed by atoms with Gasteiger partial charge in [-0.2, -0.15) is 0 Å². The van der Waals surface area contributed by atoms with E-state index < -0.39 is 0 Å². The topological polar surface area (TPSA) is 15.3 Å². The zero-order chi connectivity index (χ0) is 13.8. The molecular weight excluding hydrogens is 276 g/mol. The first-order valence-corrected chi connectivity index (χ1v) is 7.60. The number of rotatable bonds is 2. The summed E-state index contributed by atoms with van der Waals surface area (Å²) in [5.41, 5.74) is 1.20. The Morgan fingerprint density at radius 3 is 2.42 bits per heavy atom. The van der Waals surface area contributed by atoms with Crippen molar-refractivity contribution in [3.8, 4) is 0 Å². The van der Waals surface area contributed by atoms with Crippen molar-refractivity contribution in [2.24, 2.45) is 11.8 Å². The van der Waals surface area contributed by atoms with Crippen LogP contribution in [0.3, 0.4) is 0 Å². The smallest absolute Gasteiger partial charge is 0.169 e. The highest BCUT2D eigenvalue weighted by molar-refractivity contribution is 7.80. The zero-order valence-corrected chi connectivity index (χ0v) is 13.1. The normalized spacial score (nSPS) is 23.2. The van der Waals surface area contributed by atoms with E-state index in [-0.39, 0.29) is 0 Å². The van der Waals surface area contributed by atoms with Crippen LogP contribution >= 0.6 is 23.8 Å². The molecule has 4 heteroatoms. The molecule has 1 heterocycles. The quantitative estimate of drug-likeness (QED) is 0.838. The molecule has 2 nitrogen and oxygen atoms in total. The van der Waals surface area contributed by atoms with Gasteiger partial charge >= 0.3 is 0 Å². The predicted molar refractivity (Wildman–Crippen MR) is 85.4 cm³/mol. The lowest BCUT2D eigenvalue weighted by Gasteiger charge is -2.36. The average molecular weight is 297 g/mol. The van der Waals surface area contributed by atoms with Crippen molar-refractivity contribution in [1.29, 1.82) is 0 Å². The van der Waals surface area contributed by atoms with Crippen molar-refractivity contribution < 1.29 is 0 Å². The highest BCUT2D eigenvalue weighted by atomic mass is 35.5. The van der Waals surface area contributed by atoms with Crippen molar-refractivity contribution in [1.82, 2.24) is 10.2 Å². The molecule has 1 aromatic rings. The van der Waals surface area contributed by atoms with Crippen molar-refractivity contribution in [3.05, 3.63) is 34.9 Å². The molecule has 0 spiro atoms. The minimum absolute atomic E-state index is 0.721. The first-order chi connectivity index (χ1) is 9.04. The monoisotopic (exact) mass is 296 g/mol. The number of thiocarbonyl (C=S) groups is 1. The van der Waals surface area contributed by atoms with Gasteiger partial charge in [0.05, 0.1) is 0 Å². The standard InChI is InChI=1S/C15H21ClN2S/c1-11-7-12(2)10-18(9-11)15(19)17-8-13-3-5-14(16)6-4-13/h3-6,11-12H,7-10H2,1-2H3,(H,17,19)/t11-,12+. The second kappa shape index (κ2) is 6.58. The van der Waals surface area contributed by atoms with Gasteiger partial charge in [-0.15, -0.1) is 0 Å². The van der Waals surface area contributed by atoms with Crippen LogP contribution in [0.25, 0.3) is 0 Å². The molecule has 1 saturated heterocycles. The van der Waals surface area contributed by atoms with Crippen LogP contribution in [0.15, 0.2) is 24.3 Å². The van der Waals surface area contributed by atoms with Crippen LogP contribution in [-0.4, -0.2) is 23.1 Å². The van der Waals surface area contributed by atoms with Gasteiger partial charge < -0.3 is 10.2 Å². The molecule has 0 bridgehead atoms. The third-order valence-electron chi connectivity index (χ3n) is 3.51. The van der Waals surface area contributed by atoms with E-state index in [0.717, 1.165) is 41.6 Å². The fraction of sp³-hybridized carbons (Fsp3) is 0.533. The van der Waals surface area contributed by atoms with E-state index in [9.17, 15) is 0 Å². The zero-order valence-electron chi connectivity index (χ0n) is 11.5. The lowest BCUT2D eigenvalue weighted by atomic mass is 9.92. The van der Waals surface area contributed by atoms with Gasteiger partial charge in [-0.1, -0.05) is 37.6 Å². The summed E-state index contributed by atoms with van der Waals surface area (Å²) >= 11 is 11.4. The Balaban J connectivity index is 1.85. The molecule has 0 amide bonds. The minimum Gasteiger partial charge on any atom is -0.358 e. The molecule has 0 saturated carbocycles. The first kappa shape index (κ1) is 14.6. The summed E-state index contributed by atoms with van der Waals surface area (Å²) in [5.74, 6) is 1.44. The third-order valence-corrected chi connectivity index (χ3v) is 4.17. The molecule has 0 aromatic heterocycles. The molecule has 104 valence electrons. The Morgan fingerprint density at radius 2 is 1.84 bits per heavy atom. The molecule has 2 atom stereocenters. The van der Waals surface area contributed by atoms with Gasteiger partial charge in [0.2, 0.25) is 0 Å². The van der Waals surface area contributed by atoms with E-state index in [1.807, 2.05) is 24.3 Å². The molecule has 1 aliphatic heterocycles. The van der Waals surface area contributed by atoms with Crippen LogP contribution in [0.1, 0.15) is 25.8 Å². The molecule has 1 fully saturated rings. The summed E-state index contributed by atoms with van der Waals surface area (Å²) < 4.78 is 0. The van der Waals surface area contributed by atoms with Gasteiger partial charge in [-0.25, -0.2) is 0 Å². The van der Waals surface area contributed by atoms with Gasteiger partial charge in [0, 0.05) is 24.7 Å². The van der Waals surface area contributed by atoms with Gasteiger partial charge in [0.15, 0.2) is 5.11 Å².